The van der Waals surface area contributed by atoms with Crippen LogP contribution < -0.4 is 0 Å². The second-order valence-electron chi connectivity index (χ2n) is 3.18. The average molecular weight is 198 g/mol. The summed E-state index contributed by atoms with van der Waals surface area (Å²) in [4.78, 5) is 1.53. The van der Waals surface area contributed by atoms with Crippen molar-refractivity contribution in [1.82, 2.24) is 0 Å². The molecular weight excluding hydrogens is 176 g/mol. The lowest BCUT2D eigenvalue weighted by atomic mass is 10.1. The summed E-state index contributed by atoms with van der Waals surface area (Å²) in [5.41, 5.74) is 1.63. The van der Waals surface area contributed by atoms with E-state index in [1.54, 1.807) is 5.57 Å². The van der Waals surface area contributed by atoms with Crippen molar-refractivity contribution in [3.05, 3.63) is 23.1 Å². The van der Waals surface area contributed by atoms with E-state index in [9.17, 15) is 0 Å². The third kappa shape index (κ3) is 5.20. The zero-order chi connectivity index (χ0) is 10.1. The van der Waals surface area contributed by atoms with Gasteiger partial charge in [-0.05, 0) is 36.8 Å². The molecule has 0 aliphatic rings. The summed E-state index contributed by atoms with van der Waals surface area (Å²) in [7, 11) is 0. The Morgan fingerprint density at radius 2 is 2.08 bits per heavy atom. The van der Waals surface area contributed by atoms with Gasteiger partial charge in [0.05, 0.1) is 0 Å². The lowest BCUT2D eigenvalue weighted by Crippen LogP contribution is -1.88. The molecule has 13 heavy (non-hydrogen) atoms. The Bertz CT molecular complexity index is 168. The van der Waals surface area contributed by atoms with Gasteiger partial charge in [-0.2, -0.15) is 0 Å². The topological polar surface area (TPSA) is 0 Å². The van der Waals surface area contributed by atoms with Crippen LogP contribution in [0.4, 0.5) is 0 Å². The summed E-state index contributed by atoms with van der Waals surface area (Å²) in [6.07, 6.45) is 10.3. The molecule has 0 aliphatic heterocycles. The van der Waals surface area contributed by atoms with Crippen LogP contribution in [0.25, 0.3) is 0 Å². The molecule has 0 aromatic heterocycles. The van der Waals surface area contributed by atoms with Crippen LogP contribution >= 0.6 is 11.8 Å². The smallest absolute Gasteiger partial charge is 0.00405 e. The van der Waals surface area contributed by atoms with Gasteiger partial charge in [0.2, 0.25) is 0 Å². The summed E-state index contributed by atoms with van der Waals surface area (Å²) in [5, 5.41) is 0. The maximum absolute atomic E-state index is 3.80. The zero-order valence-corrected chi connectivity index (χ0v) is 10.0. The predicted molar refractivity (Wildman–Crippen MR) is 65.2 cm³/mol. The first-order valence-corrected chi connectivity index (χ1v) is 6.38. The molecule has 0 rings (SSSR count). The lowest BCUT2D eigenvalue weighted by molar-refractivity contribution is 0.761. The molecule has 0 saturated carbocycles. The Labute approximate surface area is 87.5 Å². The van der Waals surface area contributed by atoms with Crippen LogP contribution in [0, 0.1) is 0 Å². The van der Waals surface area contributed by atoms with Crippen LogP contribution in [-0.4, -0.2) is 6.26 Å². The average Bonchev–Trinajstić information content (AvgIpc) is 2.17. The van der Waals surface area contributed by atoms with Crippen LogP contribution in [0.15, 0.2) is 23.1 Å². The van der Waals surface area contributed by atoms with E-state index in [2.05, 4.69) is 26.7 Å². The van der Waals surface area contributed by atoms with Crippen molar-refractivity contribution in [1.29, 1.82) is 0 Å². The highest BCUT2D eigenvalue weighted by Crippen LogP contribution is 2.26. The van der Waals surface area contributed by atoms with E-state index in [0.717, 1.165) is 6.42 Å². The molecule has 0 saturated heterocycles. The van der Waals surface area contributed by atoms with E-state index in [1.165, 1.54) is 30.6 Å². The SMILES string of the molecule is C=CC/C(SC)=C(\CC)CCCC. The fourth-order valence-electron chi connectivity index (χ4n) is 1.41. The Hall–Kier alpha value is -0.170. The third-order valence-corrected chi connectivity index (χ3v) is 3.18. The summed E-state index contributed by atoms with van der Waals surface area (Å²) in [5.74, 6) is 0. The maximum Gasteiger partial charge on any atom is -0.00405 e. The summed E-state index contributed by atoms with van der Waals surface area (Å²) < 4.78 is 0. The van der Waals surface area contributed by atoms with Crippen LogP contribution in [0.3, 0.4) is 0 Å². The normalized spacial score (nSPS) is 12.5. The minimum Gasteiger partial charge on any atom is -0.134 e. The molecule has 0 aliphatic carbocycles. The number of hydrogen-bond donors (Lipinski definition) is 0. The van der Waals surface area contributed by atoms with Gasteiger partial charge in [0.25, 0.3) is 0 Å². The van der Waals surface area contributed by atoms with Gasteiger partial charge in [0, 0.05) is 0 Å². The molecule has 0 bridgehead atoms. The summed E-state index contributed by atoms with van der Waals surface area (Å²) >= 11 is 1.89. The molecule has 0 atom stereocenters. The first-order valence-electron chi connectivity index (χ1n) is 5.15. The first kappa shape index (κ1) is 12.8. The number of hydrogen-bond acceptors (Lipinski definition) is 1. The molecule has 0 heterocycles. The minimum absolute atomic E-state index is 1.05. The van der Waals surface area contributed by atoms with Crippen LogP contribution in [0.2, 0.25) is 0 Å². The van der Waals surface area contributed by atoms with Crippen molar-refractivity contribution in [3.8, 4) is 0 Å². The molecule has 0 spiro atoms. The van der Waals surface area contributed by atoms with Crippen molar-refractivity contribution in [2.75, 3.05) is 6.26 Å². The van der Waals surface area contributed by atoms with Gasteiger partial charge >= 0.3 is 0 Å². The number of allylic oxidation sites excluding steroid dienone is 3. The van der Waals surface area contributed by atoms with Gasteiger partial charge in [-0.15, -0.1) is 18.3 Å². The summed E-state index contributed by atoms with van der Waals surface area (Å²) in [6.45, 7) is 8.30. The molecule has 0 amide bonds. The number of thioether (sulfide) groups is 1. The summed E-state index contributed by atoms with van der Waals surface area (Å²) in [6, 6.07) is 0. The van der Waals surface area contributed by atoms with Gasteiger partial charge in [-0.3, -0.25) is 0 Å². The van der Waals surface area contributed by atoms with Crippen LogP contribution in [-0.2, 0) is 0 Å². The van der Waals surface area contributed by atoms with Gasteiger partial charge in [0.1, 0.15) is 0 Å². The van der Waals surface area contributed by atoms with Crippen LogP contribution in [0.5, 0.6) is 0 Å². The number of rotatable bonds is 7. The second kappa shape index (κ2) is 8.43. The van der Waals surface area contributed by atoms with Crippen molar-refractivity contribution < 1.29 is 0 Å². The van der Waals surface area contributed by atoms with Crippen molar-refractivity contribution >= 4 is 11.8 Å². The fraction of sp³-hybridized carbons (Fsp3) is 0.667. The highest BCUT2D eigenvalue weighted by molar-refractivity contribution is 8.02. The molecular formula is C12H22S. The van der Waals surface area contributed by atoms with Crippen LogP contribution in [0.1, 0.15) is 46.0 Å². The van der Waals surface area contributed by atoms with E-state index in [0.29, 0.717) is 0 Å². The van der Waals surface area contributed by atoms with Gasteiger partial charge in [-0.1, -0.05) is 31.9 Å². The second-order valence-corrected chi connectivity index (χ2v) is 4.08. The Balaban J connectivity index is 4.31. The van der Waals surface area contributed by atoms with Gasteiger partial charge in [-0.25, -0.2) is 0 Å². The molecule has 0 radical (unpaired) electrons. The highest BCUT2D eigenvalue weighted by atomic mass is 32.2. The third-order valence-electron chi connectivity index (χ3n) is 2.23. The highest BCUT2D eigenvalue weighted by Gasteiger charge is 2.02. The Morgan fingerprint density at radius 3 is 2.46 bits per heavy atom. The van der Waals surface area contributed by atoms with E-state index in [4.69, 9.17) is 0 Å². The van der Waals surface area contributed by atoms with Crippen molar-refractivity contribution in [2.45, 2.75) is 46.0 Å². The molecule has 0 fully saturated rings. The standard InChI is InChI=1S/C12H22S/c1-5-8-10-11(7-3)12(13-4)9-6-2/h6H,2,5,7-10H2,1,3-4H3/b12-11-. The van der Waals surface area contributed by atoms with Crippen molar-refractivity contribution in [3.63, 3.8) is 0 Å². The molecule has 0 aromatic carbocycles. The van der Waals surface area contributed by atoms with Gasteiger partial charge < -0.3 is 0 Å². The van der Waals surface area contributed by atoms with Crippen molar-refractivity contribution in [2.24, 2.45) is 0 Å². The maximum atomic E-state index is 3.80. The zero-order valence-electron chi connectivity index (χ0n) is 9.23. The Kier molecular flexibility index (Phi) is 8.32. The quantitative estimate of drug-likeness (QED) is 0.530. The largest absolute Gasteiger partial charge is 0.134 e. The van der Waals surface area contributed by atoms with E-state index >= 15 is 0 Å². The van der Waals surface area contributed by atoms with E-state index in [1.807, 2.05) is 17.8 Å². The predicted octanol–water partition coefficient (Wildman–Crippen LogP) is 4.78. The van der Waals surface area contributed by atoms with Gasteiger partial charge in [0.15, 0.2) is 0 Å². The Morgan fingerprint density at radius 1 is 1.38 bits per heavy atom. The lowest BCUT2D eigenvalue weighted by Gasteiger charge is -2.10. The molecule has 76 valence electrons. The molecule has 0 N–H and O–H groups in total. The molecule has 1 heteroatoms. The first-order chi connectivity index (χ1) is 6.29. The molecule has 0 unspecified atom stereocenters. The van der Waals surface area contributed by atoms with E-state index < -0.39 is 0 Å². The molecule has 0 nitrogen and oxygen atoms in total. The minimum atomic E-state index is 1.05. The number of unbranched alkanes of at least 4 members (excludes halogenated alkanes) is 1. The monoisotopic (exact) mass is 198 g/mol. The molecule has 0 aromatic rings. The fourth-order valence-corrected chi connectivity index (χ4v) is 2.23. The van der Waals surface area contributed by atoms with E-state index in [-0.39, 0.29) is 0 Å².